The molecule has 0 atom stereocenters. The van der Waals surface area contributed by atoms with Crippen molar-refractivity contribution in [3.63, 3.8) is 0 Å². The summed E-state index contributed by atoms with van der Waals surface area (Å²) in [6, 6.07) is 0.979. The first-order chi connectivity index (χ1) is 6.06. The van der Waals surface area contributed by atoms with Crippen molar-refractivity contribution in [3.05, 3.63) is 11.8 Å². The number of aromatic nitrogens is 1. The number of methoxy groups -OCH3 is 1. The van der Waals surface area contributed by atoms with E-state index >= 15 is 0 Å². The number of nitrogen functional groups attached to an aromatic ring is 1. The number of hydrogen-bond donors (Lipinski definition) is 2. The number of rotatable bonds is 2. The molecule has 0 aromatic carbocycles. The molecule has 0 aliphatic rings. The van der Waals surface area contributed by atoms with Crippen molar-refractivity contribution in [3.8, 4) is 11.6 Å². The maximum absolute atomic E-state index is 12.2. The molecule has 0 amide bonds. The number of anilines is 1. The molecule has 4 nitrogen and oxygen atoms in total. The summed E-state index contributed by atoms with van der Waals surface area (Å²) in [7, 11) is 1.22. The first-order valence-electron chi connectivity index (χ1n) is 3.37. The Morgan fingerprint density at radius 2 is 2.23 bits per heavy atom. The summed E-state index contributed by atoms with van der Waals surface area (Å²) in [6.07, 6.45) is -2.78. The average molecular weight is 190 g/mol. The summed E-state index contributed by atoms with van der Waals surface area (Å²) >= 11 is 0. The topological polar surface area (TPSA) is 68.4 Å². The molecule has 0 radical (unpaired) electrons. The summed E-state index contributed by atoms with van der Waals surface area (Å²) in [5, 5.41) is 9.09. The lowest BCUT2D eigenvalue weighted by atomic mass is 10.3. The molecule has 13 heavy (non-hydrogen) atoms. The van der Waals surface area contributed by atoms with Gasteiger partial charge in [-0.05, 0) is 0 Å². The van der Waals surface area contributed by atoms with E-state index in [0.29, 0.717) is 0 Å². The van der Waals surface area contributed by atoms with Crippen LogP contribution in [0.4, 0.5) is 14.5 Å². The summed E-state index contributed by atoms with van der Waals surface area (Å²) in [5.41, 5.74) is 4.34. The first-order valence-corrected chi connectivity index (χ1v) is 3.37. The number of nitrogens with two attached hydrogens (primary N) is 1. The van der Waals surface area contributed by atoms with Gasteiger partial charge in [-0.3, -0.25) is 0 Å². The standard InChI is InChI=1S/C7H8F2N2O2/c1-13-7-4(12)2-3(10)5(11-7)6(8)9/h2,6,12H,10H2,1H3. The minimum Gasteiger partial charge on any atom is -0.503 e. The van der Waals surface area contributed by atoms with Gasteiger partial charge in [0.25, 0.3) is 12.3 Å². The van der Waals surface area contributed by atoms with Crippen LogP contribution in [0.25, 0.3) is 0 Å². The van der Waals surface area contributed by atoms with Crippen LogP contribution in [-0.4, -0.2) is 17.2 Å². The van der Waals surface area contributed by atoms with Gasteiger partial charge in [-0.15, -0.1) is 0 Å². The monoisotopic (exact) mass is 190 g/mol. The maximum atomic E-state index is 12.2. The van der Waals surface area contributed by atoms with E-state index in [2.05, 4.69) is 9.72 Å². The fraction of sp³-hybridized carbons (Fsp3) is 0.286. The molecule has 1 aromatic heterocycles. The van der Waals surface area contributed by atoms with Crippen LogP contribution in [0.1, 0.15) is 12.1 Å². The van der Waals surface area contributed by atoms with E-state index < -0.39 is 12.1 Å². The second-order valence-electron chi connectivity index (χ2n) is 2.29. The Bertz CT molecular complexity index is 318. The van der Waals surface area contributed by atoms with Crippen LogP contribution < -0.4 is 10.5 Å². The lowest BCUT2D eigenvalue weighted by molar-refractivity contribution is 0.145. The zero-order valence-electron chi connectivity index (χ0n) is 6.79. The van der Waals surface area contributed by atoms with Crippen LogP contribution in [0.2, 0.25) is 0 Å². The smallest absolute Gasteiger partial charge is 0.282 e. The molecule has 3 N–H and O–H groups in total. The van der Waals surface area contributed by atoms with E-state index in [1.54, 1.807) is 0 Å². The highest BCUT2D eigenvalue weighted by Crippen LogP contribution is 2.31. The lowest BCUT2D eigenvalue weighted by Crippen LogP contribution is -2.00. The third-order valence-corrected chi connectivity index (χ3v) is 1.43. The predicted molar refractivity (Wildman–Crippen MR) is 41.8 cm³/mol. The van der Waals surface area contributed by atoms with Crippen molar-refractivity contribution in [2.24, 2.45) is 0 Å². The zero-order chi connectivity index (χ0) is 10.0. The molecule has 0 spiro atoms. The van der Waals surface area contributed by atoms with Gasteiger partial charge in [0.1, 0.15) is 5.69 Å². The molecule has 1 aromatic rings. The fourth-order valence-corrected chi connectivity index (χ4v) is 0.839. The number of alkyl halides is 2. The van der Waals surface area contributed by atoms with Crippen molar-refractivity contribution >= 4 is 5.69 Å². The van der Waals surface area contributed by atoms with Crippen LogP contribution in [-0.2, 0) is 0 Å². The highest BCUT2D eigenvalue weighted by atomic mass is 19.3. The van der Waals surface area contributed by atoms with Crippen molar-refractivity contribution < 1.29 is 18.6 Å². The minimum atomic E-state index is -2.78. The lowest BCUT2D eigenvalue weighted by Gasteiger charge is -2.07. The molecule has 0 saturated carbocycles. The summed E-state index contributed by atoms with van der Waals surface area (Å²) in [6.45, 7) is 0. The average Bonchev–Trinajstić information content (AvgIpc) is 2.03. The normalized spacial score (nSPS) is 10.5. The Kier molecular flexibility index (Phi) is 2.50. The number of aromatic hydroxyl groups is 1. The van der Waals surface area contributed by atoms with Crippen LogP contribution in [0, 0.1) is 0 Å². The van der Waals surface area contributed by atoms with Gasteiger partial charge in [0.15, 0.2) is 5.75 Å². The molecule has 6 heteroatoms. The SMILES string of the molecule is COc1nc(C(F)F)c(N)cc1O. The Morgan fingerprint density at radius 3 is 2.69 bits per heavy atom. The molecule has 0 unspecified atom stereocenters. The van der Waals surface area contributed by atoms with Gasteiger partial charge in [0.05, 0.1) is 12.8 Å². The number of hydrogen-bond acceptors (Lipinski definition) is 4. The van der Waals surface area contributed by atoms with Crippen LogP contribution in [0.5, 0.6) is 11.6 Å². The van der Waals surface area contributed by atoms with Gasteiger partial charge >= 0.3 is 0 Å². The quantitative estimate of drug-likeness (QED) is 0.737. The molecule has 0 bridgehead atoms. The van der Waals surface area contributed by atoms with E-state index in [-0.39, 0.29) is 17.3 Å². The molecular formula is C7H8F2N2O2. The van der Waals surface area contributed by atoms with Crippen LogP contribution >= 0.6 is 0 Å². The van der Waals surface area contributed by atoms with Gasteiger partial charge in [0, 0.05) is 6.07 Å². The molecule has 1 heterocycles. The second kappa shape index (κ2) is 3.42. The third kappa shape index (κ3) is 1.77. The summed E-state index contributed by atoms with van der Waals surface area (Å²) in [4.78, 5) is 3.34. The largest absolute Gasteiger partial charge is 0.503 e. The summed E-state index contributed by atoms with van der Waals surface area (Å²) in [5.74, 6) is -0.617. The van der Waals surface area contributed by atoms with Gasteiger partial charge in [-0.1, -0.05) is 0 Å². The van der Waals surface area contributed by atoms with E-state index in [9.17, 15) is 8.78 Å². The van der Waals surface area contributed by atoms with Crippen LogP contribution in [0.3, 0.4) is 0 Å². The zero-order valence-corrected chi connectivity index (χ0v) is 6.79. The Labute approximate surface area is 73.0 Å². The Balaban J connectivity index is 3.22. The Hall–Kier alpha value is -1.59. The van der Waals surface area contributed by atoms with E-state index in [0.717, 1.165) is 6.07 Å². The molecule has 0 fully saturated rings. The maximum Gasteiger partial charge on any atom is 0.282 e. The van der Waals surface area contributed by atoms with E-state index in [4.69, 9.17) is 10.8 Å². The molecule has 0 saturated heterocycles. The highest BCUT2D eigenvalue weighted by Gasteiger charge is 2.17. The first kappa shape index (κ1) is 9.50. The van der Waals surface area contributed by atoms with Gasteiger partial charge in [-0.25, -0.2) is 13.8 Å². The van der Waals surface area contributed by atoms with Crippen molar-refractivity contribution in [2.45, 2.75) is 6.43 Å². The van der Waals surface area contributed by atoms with E-state index in [1.165, 1.54) is 7.11 Å². The van der Waals surface area contributed by atoms with Gasteiger partial charge < -0.3 is 15.6 Å². The van der Waals surface area contributed by atoms with Crippen molar-refractivity contribution in [1.82, 2.24) is 4.98 Å². The molecule has 0 aliphatic heterocycles. The van der Waals surface area contributed by atoms with E-state index in [1.807, 2.05) is 0 Å². The van der Waals surface area contributed by atoms with Crippen molar-refractivity contribution in [1.29, 1.82) is 0 Å². The molecular weight excluding hydrogens is 182 g/mol. The Morgan fingerprint density at radius 1 is 1.62 bits per heavy atom. The molecule has 72 valence electrons. The predicted octanol–water partition coefficient (Wildman–Crippen LogP) is 1.32. The highest BCUT2D eigenvalue weighted by molar-refractivity contribution is 5.51. The third-order valence-electron chi connectivity index (χ3n) is 1.43. The van der Waals surface area contributed by atoms with Gasteiger partial charge in [0.2, 0.25) is 0 Å². The van der Waals surface area contributed by atoms with Gasteiger partial charge in [-0.2, -0.15) is 0 Å². The van der Waals surface area contributed by atoms with Crippen LogP contribution in [0.15, 0.2) is 6.07 Å². The number of pyridine rings is 1. The van der Waals surface area contributed by atoms with Crippen molar-refractivity contribution in [2.75, 3.05) is 12.8 Å². The minimum absolute atomic E-state index is 0.256. The number of nitrogens with zero attached hydrogens (tertiary/aromatic N) is 1. The second-order valence-corrected chi connectivity index (χ2v) is 2.29. The molecule has 1 rings (SSSR count). The number of halogens is 2. The number of ether oxygens (including phenoxy) is 1. The fourth-order valence-electron chi connectivity index (χ4n) is 0.839. The molecule has 0 aliphatic carbocycles. The summed E-state index contributed by atoms with van der Waals surface area (Å²) < 4.78 is 28.9.